The molecule has 0 saturated carbocycles. The minimum atomic E-state index is -0.609. The summed E-state index contributed by atoms with van der Waals surface area (Å²) in [6.45, 7) is 1.42. The van der Waals surface area contributed by atoms with Gasteiger partial charge in [0.1, 0.15) is 11.4 Å². The molecule has 2 rings (SSSR count). The van der Waals surface area contributed by atoms with Crippen LogP contribution < -0.4 is 5.32 Å². The minimum Gasteiger partial charge on any atom is -0.372 e. The highest BCUT2D eigenvalue weighted by atomic mass is 35.5. The predicted molar refractivity (Wildman–Crippen MR) is 57.6 cm³/mol. The maximum absolute atomic E-state index is 13.7. The molecule has 1 N–H and O–H groups in total. The number of ether oxygens (including phenoxy) is 1. The number of hydrogen-bond acceptors (Lipinski definition) is 2. The Morgan fingerprint density at radius 3 is 2.87 bits per heavy atom. The van der Waals surface area contributed by atoms with Crippen LogP contribution in [-0.4, -0.2) is 20.2 Å². The highest BCUT2D eigenvalue weighted by molar-refractivity contribution is 6.31. The van der Waals surface area contributed by atoms with Crippen molar-refractivity contribution in [3.05, 3.63) is 34.6 Å². The molecule has 0 amide bonds. The number of nitrogens with one attached hydrogen (secondary N) is 1. The first-order chi connectivity index (χ1) is 7.19. The summed E-state index contributed by atoms with van der Waals surface area (Å²) in [5.74, 6) is -0.298. The topological polar surface area (TPSA) is 21.3 Å². The van der Waals surface area contributed by atoms with Crippen molar-refractivity contribution in [3.8, 4) is 0 Å². The highest BCUT2D eigenvalue weighted by Gasteiger charge is 2.39. The van der Waals surface area contributed by atoms with E-state index in [1.807, 2.05) is 0 Å². The number of halogens is 2. The van der Waals surface area contributed by atoms with Crippen molar-refractivity contribution in [2.75, 3.05) is 20.2 Å². The van der Waals surface area contributed by atoms with Crippen LogP contribution in [0.3, 0.4) is 0 Å². The third-order valence-electron chi connectivity index (χ3n) is 2.93. The molecule has 1 aromatic rings. The Morgan fingerprint density at radius 1 is 1.53 bits per heavy atom. The van der Waals surface area contributed by atoms with Crippen molar-refractivity contribution in [2.24, 2.45) is 0 Å². The van der Waals surface area contributed by atoms with E-state index in [1.165, 1.54) is 6.07 Å². The molecule has 0 aromatic heterocycles. The molecule has 1 unspecified atom stereocenters. The summed E-state index contributed by atoms with van der Waals surface area (Å²) in [7, 11) is 1.59. The molecule has 1 fully saturated rings. The molecule has 1 aliphatic rings. The van der Waals surface area contributed by atoms with Crippen LogP contribution in [0.4, 0.5) is 4.39 Å². The fourth-order valence-electron chi connectivity index (χ4n) is 2.09. The van der Waals surface area contributed by atoms with Crippen molar-refractivity contribution in [2.45, 2.75) is 12.0 Å². The second-order valence-corrected chi connectivity index (χ2v) is 4.13. The molecule has 1 heterocycles. The summed E-state index contributed by atoms with van der Waals surface area (Å²) in [6, 6.07) is 4.71. The average Bonchev–Trinajstić information content (AvgIpc) is 2.67. The molecule has 82 valence electrons. The van der Waals surface area contributed by atoms with E-state index in [4.69, 9.17) is 16.3 Å². The van der Waals surface area contributed by atoms with Gasteiger partial charge in [-0.05, 0) is 25.1 Å². The van der Waals surface area contributed by atoms with Crippen LogP contribution in [0, 0.1) is 5.82 Å². The third-order valence-corrected chi connectivity index (χ3v) is 3.24. The Hall–Kier alpha value is -0.640. The smallest absolute Gasteiger partial charge is 0.130 e. The average molecular weight is 230 g/mol. The maximum atomic E-state index is 13.7. The molecule has 1 aromatic carbocycles. The summed E-state index contributed by atoms with van der Waals surface area (Å²) < 4.78 is 19.2. The Kier molecular flexibility index (Phi) is 2.96. The zero-order chi connectivity index (χ0) is 10.9. The predicted octanol–water partition coefficient (Wildman–Crippen LogP) is 2.31. The van der Waals surface area contributed by atoms with Crippen LogP contribution in [0.1, 0.15) is 12.0 Å². The summed E-state index contributed by atoms with van der Waals surface area (Å²) >= 11 is 6.03. The SMILES string of the molecule is COC1(c2c(F)cccc2Cl)CCNC1. The molecular weight excluding hydrogens is 217 g/mol. The van der Waals surface area contributed by atoms with Gasteiger partial charge in [0.25, 0.3) is 0 Å². The van der Waals surface area contributed by atoms with Crippen LogP contribution in [-0.2, 0) is 10.3 Å². The van der Waals surface area contributed by atoms with Crippen molar-refractivity contribution in [1.29, 1.82) is 0 Å². The number of hydrogen-bond donors (Lipinski definition) is 1. The van der Waals surface area contributed by atoms with E-state index >= 15 is 0 Å². The molecule has 15 heavy (non-hydrogen) atoms. The zero-order valence-electron chi connectivity index (χ0n) is 8.52. The molecule has 1 atom stereocenters. The number of methoxy groups -OCH3 is 1. The van der Waals surface area contributed by atoms with Gasteiger partial charge in [0.05, 0.1) is 0 Å². The van der Waals surface area contributed by atoms with E-state index in [2.05, 4.69) is 5.32 Å². The van der Waals surface area contributed by atoms with Crippen LogP contribution in [0.5, 0.6) is 0 Å². The molecule has 0 aliphatic carbocycles. The Bertz CT molecular complexity index is 343. The van der Waals surface area contributed by atoms with E-state index in [1.54, 1.807) is 19.2 Å². The van der Waals surface area contributed by atoms with Crippen molar-refractivity contribution < 1.29 is 9.13 Å². The van der Waals surface area contributed by atoms with Gasteiger partial charge in [0.15, 0.2) is 0 Å². The van der Waals surface area contributed by atoms with Crippen LogP contribution in [0.15, 0.2) is 18.2 Å². The summed E-state index contributed by atoms with van der Waals surface area (Å²) in [6.07, 6.45) is 0.740. The molecule has 0 spiro atoms. The van der Waals surface area contributed by atoms with Gasteiger partial charge < -0.3 is 10.1 Å². The molecule has 4 heteroatoms. The molecule has 1 saturated heterocycles. The van der Waals surface area contributed by atoms with E-state index in [-0.39, 0.29) is 5.82 Å². The summed E-state index contributed by atoms with van der Waals surface area (Å²) in [4.78, 5) is 0. The summed E-state index contributed by atoms with van der Waals surface area (Å²) in [5, 5.41) is 3.60. The fourth-order valence-corrected chi connectivity index (χ4v) is 2.43. The lowest BCUT2D eigenvalue weighted by atomic mass is 9.92. The highest BCUT2D eigenvalue weighted by Crippen LogP contribution is 2.37. The monoisotopic (exact) mass is 229 g/mol. The van der Waals surface area contributed by atoms with Crippen molar-refractivity contribution >= 4 is 11.6 Å². The van der Waals surface area contributed by atoms with Gasteiger partial charge in [-0.2, -0.15) is 0 Å². The second-order valence-electron chi connectivity index (χ2n) is 3.72. The van der Waals surface area contributed by atoms with Gasteiger partial charge in [-0.3, -0.25) is 0 Å². The Labute approximate surface area is 93.4 Å². The lowest BCUT2D eigenvalue weighted by Crippen LogP contribution is -2.32. The van der Waals surface area contributed by atoms with E-state index < -0.39 is 5.60 Å². The first-order valence-electron chi connectivity index (χ1n) is 4.90. The third kappa shape index (κ3) is 1.75. The van der Waals surface area contributed by atoms with Crippen molar-refractivity contribution in [3.63, 3.8) is 0 Å². The normalized spacial score (nSPS) is 25.8. The zero-order valence-corrected chi connectivity index (χ0v) is 9.27. The Morgan fingerprint density at radius 2 is 2.33 bits per heavy atom. The number of rotatable bonds is 2. The van der Waals surface area contributed by atoms with Gasteiger partial charge in [0, 0.05) is 24.2 Å². The van der Waals surface area contributed by atoms with Gasteiger partial charge in [-0.25, -0.2) is 4.39 Å². The van der Waals surface area contributed by atoms with Crippen molar-refractivity contribution in [1.82, 2.24) is 5.32 Å². The van der Waals surface area contributed by atoms with Gasteiger partial charge in [-0.15, -0.1) is 0 Å². The molecule has 0 bridgehead atoms. The lowest BCUT2D eigenvalue weighted by Gasteiger charge is -2.28. The quantitative estimate of drug-likeness (QED) is 0.841. The van der Waals surface area contributed by atoms with Crippen LogP contribution in [0.2, 0.25) is 5.02 Å². The first kappa shape index (κ1) is 10.9. The maximum Gasteiger partial charge on any atom is 0.130 e. The van der Waals surface area contributed by atoms with Gasteiger partial charge >= 0.3 is 0 Å². The van der Waals surface area contributed by atoms with E-state index in [9.17, 15) is 4.39 Å². The fraction of sp³-hybridized carbons (Fsp3) is 0.455. The lowest BCUT2D eigenvalue weighted by molar-refractivity contribution is 0.000469. The molecular formula is C11H13ClFNO. The van der Waals surface area contributed by atoms with Crippen LogP contribution >= 0.6 is 11.6 Å². The number of benzene rings is 1. The van der Waals surface area contributed by atoms with E-state index in [0.29, 0.717) is 17.1 Å². The molecule has 2 nitrogen and oxygen atoms in total. The second kappa shape index (κ2) is 4.08. The summed E-state index contributed by atoms with van der Waals surface area (Å²) in [5.41, 5.74) is -0.137. The minimum absolute atomic E-state index is 0.298. The molecule has 0 radical (unpaired) electrons. The van der Waals surface area contributed by atoms with Crippen LogP contribution in [0.25, 0.3) is 0 Å². The molecule has 1 aliphatic heterocycles. The largest absolute Gasteiger partial charge is 0.372 e. The van der Waals surface area contributed by atoms with Gasteiger partial charge in [0.2, 0.25) is 0 Å². The Balaban J connectivity index is 2.51. The van der Waals surface area contributed by atoms with Gasteiger partial charge in [-0.1, -0.05) is 17.7 Å². The van der Waals surface area contributed by atoms with E-state index in [0.717, 1.165) is 13.0 Å². The standard InChI is InChI=1S/C11H13ClFNO/c1-15-11(5-6-14-7-11)10-8(12)3-2-4-9(10)13/h2-4,14H,5-7H2,1H3. The first-order valence-corrected chi connectivity index (χ1v) is 5.28.